The van der Waals surface area contributed by atoms with Gasteiger partial charge in [0.15, 0.2) is 0 Å². The van der Waals surface area contributed by atoms with Gasteiger partial charge in [0.05, 0.1) is 12.6 Å². The van der Waals surface area contributed by atoms with Gasteiger partial charge >= 0.3 is 0 Å². The zero-order valence-corrected chi connectivity index (χ0v) is 19.4. The number of likely N-dealkylation sites (tertiary alicyclic amines) is 1. The van der Waals surface area contributed by atoms with Gasteiger partial charge < -0.3 is 14.5 Å². The molecule has 3 aromatic rings. The maximum Gasteiger partial charge on any atom is 0.119 e. The molecular weight excluding hydrogens is 392 g/mol. The number of piperidine rings is 1. The normalized spacial score (nSPS) is 17.5. The van der Waals surface area contributed by atoms with E-state index in [0.29, 0.717) is 6.04 Å². The second kappa shape index (κ2) is 9.95. The van der Waals surface area contributed by atoms with Crippen LogP contribution in [-0.4, -0.2) is 37.7 Å². The van der Waals surface area contributed by atoms with Crippen LogP contribution in [0.4, 0.5) is 5.69 Å². The van der Waals surface area contributed by atoms with Crippen LogP contribution in [0, 0.1) is 0 Å². The van der Waals surface area contributed by atoms with E-state index in [4.69, 9.17) is 4.74 Å². The molecule has 0 spiro atoms. The lowest BCUT2D eigenvalue weighted by Gasteiger charge is -2.28. The molecule has 0 aliphatic carbocycles. The Balaban J connectivity index is 1.17. The molecule has 0 amide bonds. The van der Waals surface area contributed by atoms with Crippen LogP contribution in [0.25, 0.3) is 10.8 Å². The van der Waals surface area contributed by atoms with E-state index in [-0.39, 0.29) is 0 Å². The van der Waals surface area contributed by atoms with Gasteiger partial charge in [-0.1, -0.05) is 42.8 Å². The first-order chi connectivity index (χ1) is 15.8. The minimum Gasteiger partial charge on any atom is -0.494 e. The summed E-state index contributed by atoms with van der Waals surface area (Å²) in [6.45, 7) is 8.03. The molecule has 0 saturated carbocycles. The van der Waals surface area contributed by atoms with Crippen molar-refractivity contribution >= 4 is 16.5 Å². The van der Waals surface area contributed by atoms with Crippen LogP contribution in [0.1, 0.15) is 56.2 Å². The average Bonchev–Trinajstić information content (AvgIpc) is 3.28. The van der Waals surface area contributed by atoms with Crippen molar-refractivity contribution in [3.63, 3.8) is 0 Å². The van der Waals surface area contributed by atoms with E-state index in [0.717, 1.165) is 31.7 Å². The number of anilines is 1. The fourth-order valence-electron chi connectivity index (χ4n) is 5.35. The summed E-state index contributed by atoms with van der Waals surface area (Å²) >= 11 is 0. The second-order valence-corrected chi connectivity index (χ2v) is 9.47. The molecule has 3 nitrogen and oxygen atoms in total. The number of unbranched alkanes of at least 4 members (excludes halogenated alkanes) is 1. The molecule has 0 bridgehead atoms. The molecule has 1 fully saturated rings. The number of hydrogen-bond acceptors (Lipinski definition) is 3. The summed E-state index contributed by atoms with van der Waals surface area (Å²) in [6.07, 6.45) is 7.66. The number of ether oxygens (including phenoxy) is 1. The van der Waals surface area contributed by atoms with Crippen LogP contribution < -0.4 is 9.64 Å². The van der Waals surface area contributed by atoms with E-state index >= 15 is 0 Å². The topological polar surface area (TPSA) is 15.7 Å². The van der Waals surface area contributed by atoms with Crippen LogP contribution in [0.3, 0.4) is 0 Å². The van der Waals surface area contributed by atoms with E-state index < -0.39 is 0 Å². The summed E-state index contributed by atoms with van der Waals surface area (Å²) in [5.41, 5.74) is 4.24. The highest BCUT2D eigenvalue weighted by molar-refractivity contribution is 5.84. The lowest BCUT2D eigenvalue weighted by Crippen LogP contribution is -2.30. The molecule has 3 aromatic carbocycles. The largest absolute Gasteiger partial charge is 0.494 e. The van der Waals surface area contributed by atoms with Crippen LogP contribution in [0.2, 0.25) is 0 Å². The standard InChI is InChI=1S/C29H36N2O/c1-23(31-19-15-24-9-3-4-10-29(24)31)25-11-12-27-22-28(14-13-26(27)21-25)32-20-8-7-18-30-16-5-2-6-17-30/h3-4,9-14,21-23H,2,5-8,15-20H2,1H3/t23-/m1/s1. The summed E-state index contributed by atoms with van der Waals surface area (Å²) in [4.78, 5) is 5.15. The molecule has 0 unspecified atom stereocenters. The predicted octanol–water partition coefficient (Wildman–Crippen LogP) is 6.61. The van der Waals surface area contributed by atoms with Gasteiger partial charge in [-0.05, 0) is 105 Å². The summed E-state index contributed by atoms with van der Waals surface area (Å²) in [5, 5.41) is 2.55. The van der Waals surface area contributed by atoms with Crippen LogP contribution in [0.15, 0.2) is 60.7 Å². The van der Waals surface area contributed by atoms with Crippen molar-refractivity contribution in [1.29, 1.82) is 0 Å². The third-order valence-electron chi connectivity index (χ3n) is 7.29. The average molecular weight is 429 g/mol. The number of rotatable bonds is 8. The zero-order valence-electron chi connectivity index (χ0n) is 19.4. The van der Waals surface area contributed by atoms with E-state index in [1.54, 1.807) is 0 Å². The lowest BCUT2D eigenvalue weighted by molar-refractivity contribution is 0.216. The molecule has 0 radical (unpaired) electrons. The van der Waals surface area contributed by atoms with E-state index in [1.165, 1.54) is 72.9 Å². The van der Waals surface area contributed by atoms with Crippen LogP contribution in [-0.2, 0) is 6.42 Å². The monoisotopic (exact) mass is 428 g/mol. The highest BCUT2D eigenvalue weighted by Gasteiger charge is 2.24. The summed E-state index contributed by atoms with van der Waals surface area (Å²) < 4.78 is 6.07. The van der Waals surface area contributed by atoms with Gasteiger partial charge in [-0.25, -0.2) is 0 Å². The van der Waals surface area contributed by atoms with Crippen molar-refractivity contribution in [1.82, 2.24) is 4.90 Å². The Morgan fingerprint density at radius 2 is 1.66 bits per heavy atom. The molecule has 1 saturated heterocycles. The third-order valence-corrected chi connectivity index (χ3v) is 7.29. The maximum atomic E-state index is 6.07. The number of benzene rings is 3. The summed E-state index contributed by atoms with van der Waals surface area (Å²) in [6, 6.07) is 22.6. The van der Waals surface area contributed by atoms with Crippen LogP contribution in [0.5, 0.6) is 5.75 Å². The van der Waals surface area contributed by atoms with Gasteiger partial charge in [0.2, 0.25) is 0 Å². The van der Waals surface area contributed by atoms with Gasteiger partial charge in [-0.3, -0.25) is 0 Å². The van der Waals surface area contributed by atoms with Gasteiger partial charge in [-0.15, -0.1) is 0 Å². The number of para-hydroxylation sites is 1. The maximum absolute atomic E-state index is 6.07. The Bertz CT molecular complexity index is 1040. The predicted molar refractivity (Wildman–Crippen MR) is 135 cm³/mol. The minimum absolute atomic E-state index is 0.374. The molecule has 32 heavy (non-hydrogen) atoms. The van der Waals surface area contributed by atoms with Gasteiger partial charge in [0.25, 0.3) is 0 Å². The fraction of sp³-hybridized carbons (Fsp3) is 0.448. The first-order valence-corrected chi connectivity index (χ1v) is 12.5. The van der Waals surface area contributed by atoms with E-state index in [9.17, 15) is 0 Å². The van der Waals surface area contributed by atoms with Crippen molar-refractivity contribution in [2.75, 3.05) is 37.7 Å². The molecule has 0 N–H and O–H groups in total. The summed E-state index contributed by atoms with van der Waals surface area (Å²) in [7, 11) is 0. The van der Waals surface area contributed by atoms with Gasteiger partial charge in [0, 0.05) is 12.2 Å². The van der Waals surface area contributed by atoms with Crippen molar-refractivity contribution in [3.05, 3.63) is 71.8 Å². The van der Waals surface area contributed by atoms with Gasteiger partial charge in [0.1, 0.15) is 5.75 Å². The van der Waals surface area contributed by atoms with Gasteiger partial charge in [-0.2, -0.15) is 0 Å². The highest BCUT2D eigenvalue weighted by Crippen LogP contribution is 2.35. The number of nitrogens with zero attached hydrogens (tertiary/aromatic N) is 2. The fourth-order valence-corrected chi connectivity index (χ4v) is 5.35. The Morgan fingerprint density at radius 3 is 2.56 bits per heavy atom. The lowest BCUT2D eigenvalue weighted by atomic mass is 10.0. The first kappa shape index (κ1) is 21.3. The summed E-state index contributed by atoms with van der Waals surface area (Å²) in [5.74, 6) is 0.991. The SMILES string of the molecule is C[C@H](c1ccc2cc(OCCCCN3CCCCC3)ccc2c1)N1CCc2ccccc21. The number of fused-ring (bicyclic) bond motifs is 2. The minimum atomic E-state index is 0.374. The molecule has 168 valence electrons. The molecule has 2 aliphatic heterocycles. The smallest absolute Gasteiger partial charge is 0.119 e. The Morgan fingerprint density at radius 1 is 0.844 bits per heavy atom. The molecular formula is C29H36N2O. The highest BCUT2D eigenvalue weighted by atomic mass is 16.5. The van der Waals surface area contributed by atoms with Crippen molar-refractivity contribution in [2.45, 2.75) is 51.5 Å². The molecule has 1 atom stereocenters. The quantitative estimate of drug-likeness (QED) is 0.376. The molecule has 0 aromatic heterocycles. The first-order valence-electron chi connectivity index (χ1n) is 12.5. The number of hydrogen-bond donors (Lipinski definition) is 0. The van der Waals surface area contributed by atoms with E-state index in [1.807, 2.05) is 0 Å². The molecule has 2 aliphatic rings. The zero-order chi connectivity index (χ0) is 21.8. The molecule has 3 heteroatoms. The molecule has 5 rings (SSSR count). The van der Waals surface area contributed by atoms with Crippen LogP contribution >= 0.6 is 0 Å². The van der Waals surface area contributed by atoms with Crippen molar-refractivity contribution < 1.29 is 4.74 Å². The Hall–Kier alpha value is -2.52. The van der Waals surface area contributed by atoms with E-state index in [2.05, 4.69) is 77.4 Å². The van der Waals surface area contributed by atoms with Crippen molar-refractivity contribution in [3.8, 4) is 5.75 Å². The Kier molecular flexibility index (Phi) is 6.64. The molecule has 2 heterocycles. The second-order valence-electron chi connectivity index (χ2n) is 9.47. The third kappa shape index (κ3) is 4.78. The Labute approximate surface area is 193 Å². The van der Waals surface area contributed by atoms with Crippen molar-refractivity contribution in [2.24, 2.45) is 0 Å².